The van der Waals surface area contributed by atoms with Gasteiger partial charge in [-0.05, 0) is 25.0 Å². The highest BCUT2D eigenvalue weighted by Gasteiger charge is 2.34. The van der Waals surface area contributed by atoms with Crippen molar-refractivity contribution in [2.45, 2.75) is 25.5 Å². The number of amides is 2. The Morgan fingerprint density at radius 2 is 1.87 bits per heavy atom. The van der Waals surface area contributed by atoms with Gasteiger partial charge in [-0.1, -0.05) is 17.3 Å². The van der Waals surface area contributed by atoms with Crippen molar-refractivity contribution >= 4 is 11.8 Å². The van der Waals surface area contributed by atoms with Gasteiger partial charge >= 0.3 is 0 Å². The van der Waals surface area contributed by atoms with Gasteiger partial charge in [0.25, 0.3) is 11.8 Å². The van der Waals surface area contributed by atoms with Crippen LogP contribution in [-0.2, 0) is 11.3 Å². The Morgan fingerprint density at radius 1 is 1.13 bits per heavy atom. The molecule has 1 aromatic heterocycles. The summed E-state index contributed by atoms with van der Waals surface area (Å²) >= 11 is 0. The smallest absolute Gasteiger partial charge is 0.261 e. The number of aromatic nitrogens is 3. The van der Waals surface area contributed by atoms with Crippen LogP contribution in [0.15, 0.2) is 30.5 Å². The van der Waals surface area contributed by atoms with E-state index < -0.39 is 0 Å². The van der Waals surface area contributed by atoms with Crippen molar-refractivity contribution in [3.63, 3.8) is 0 Å². The van der Waals surface area contributed by atoms with Gasteiger partial charge in [0.05, 0.1) is 23.9 Å². The van der Waals surface area contributed by atoms with Crippen LogP contribution in [0.25, 0.3) is 0 Å². The van der Waals surface area contributed by atoms with E-state index in [0.29, 0.717) is 17.7 Å². The molecule has 118 valence electrons. The van der Waals surface area contributed by atoms with Gasteiger partial charge < -0.3 is 4.74 Å². The van der Waals surface area contributed by atoms with Crippen molar-refractivity contribution in [2.24, 2.45) is 0 Å². The van der Waals surface area contributed by atoms with E-state index in [1.165, 1.54) is 4.90 Å². The first-order valence-corrected chi connectivity index (χ1v) is 7.71. The molecule has 2 aliphatic rings. The molecule has 0 spiro atoms. The second kappa shape index (κ2) is 5.58. The predicted octanol–water partition coefficient (Wildman–Crippen LogP) is 1.43. The zero-order valence-corrected chi connectivity index (χ0v) is 12.5. The van der Waals surface area contributed by atoms with E-state index in [2.05, 4.69) is 10.3 Å². The lowest BCUT2D eigenvalue weighted by atomic mass is 10.1. The number of ether oxygens (including phenoxy) is 1. The van der Waals surface area contributed by atoms with Crippen molar-refractivity contribution in [2.75, 3.05) is 13.2 Å². The lowest BCUT2D eigenvalue weighted by molar-refractivity contribution is 0.0647. The molecule has 1 atom stereocenters. The summed E-state index contributed by atoms with van der Waals surface area (Å²) in [5.41, 5.74) is 1.75. The molecule has 2 amide bonds. The number of rotatable bonds is 4. The second-order valence-electron chi connectivity index (χ2n) is 5.72. The maximum Gasteiger partial charge on any atom is 0.261 e. The van der Waals surface area contributed by atoms with E-state index in [4.69, 9.17) is 4.74 Å². The summed E-state index contributed by atoms with van der Waals surface area (Å²) in [6, 6.07) is 6.89. The molecule has 3 heterocycles. The van der Waals surface area contributed by atoms with Crippen molar-refractivity contribution in [3.05, 3.63) is 47.3 Å². The molecular weight excluding hydrogens is 296 g/mol. The summed E-state index contributed by atoms with van der Waals surface area (Å²) in [6.07, 6.45) is 3.83. The highest BCUT2D eigenvalue weighted by atomic mass is 16.5. The first kappa shape index (κ1) is 14.1. The summed E-state index contributed by atoms with van der Waals surface area (Å²) in [6.45, 7) is 1.46. The number of hydrogen-bond acceptors (Lipinski definition) is 5. The second-order valence-corrected chi connectivity index (χ2v) is 5.72. The Labute approximate surface area is 132 Å². The van der Waals surface area contributed by atoms with E-state index >= 15 is 0 Å². The zero-order valence-electron chi connectivity index (χ0n) is 12.5. The predicted molar refractivity (Wildman–Crippen MR) is 79.8 cm³/mol. The molecule has 1 saturated heterocycles. The number of benzene rings is 1. The van der Waals surface area contributed by atoms with E-state index in [0.717, 1.165) is 25.1 Å². The van der Waals surface area contributed by atoms with E-state index in [-0.39, 0.29) is 24.5 Å². The minimum Gasteiger partial charge on any atom is -0.372 e. The molecule has 0 radical (unpaired) electrons. The third-order valence-corrected chi connectivity index (χ3v) is 4.25. The maximum absolute atomic E-state index is 12.3. The average Bonchev–Trinajstić information content (AvgIpc) is 3.29. The van der Waals surface area contributed by atoms with Gasteiger partial charge in [0.15, 0.2) is 0 Å². The highest BCUT2D eigenvalue weighted by Crippen LogP contribution is 2.26. The standard InChI is InChI=1S/C16H16N4O3/c21-15-11-4-1-2-5-12(11)16(22)20(15)8-7-19-10-13(17-18-19)14-6-3-9-23-14/h1-2,4-5,10,14H,3,6-9H2. The lowest BCUT2D eigenvalue weighted by Crippen LogP contribution is -2.33. The van der Waals surface area contributed by atoms with Gasteiger partial charge in [0.1, 0.15) is 11.8 Å². The molecule has 7 heteroatoms. The van der Waals surface area contributed by atoms with Crippen LogP contribution in [0, 0.1) is 0 Å². The number of carbonyl (C=O) groups is 2. The van der Waals surface area contributed by atoms with Gasteiger partial charge in [-0.15, -0.1) is 5.10 Å². The highest BCUT2D eigenvalue weighted by molar-refractivity contribution is 6.21. The fourth-order valence-electron chi connectivity index (χ4n) is 3.03. The fraction of sp³-hybridized carbons (Fsp3) is 0.375. The van der Waals surface area contributed by atoms with Crippen LogP contribution in [0.3, 0.4) is 0 Å². The molecule has 0 bridgehead atoms. The van der Waals surface area contributed by atoms with Crippen LogP contribution in [0.5, 0.6) is 0 Å². The van der Waals surface area contributed by atoms with Crippen LogP contribution in [0.1, 0.15) is 45.4 Å². The Balaban J connectivity index is 1.44. The molecule has 0 aliphatic carbocycles. The van der Waals surface area contributed by atoms with Gasteiger partial charge in [-0.3, -0.25) is 19.2 Å². The van der Waals surface area contributed by atoms with E-state index in [1.807, 2.05) is 6.20 Å². The van der Waals surface area contributed by atoms with Crippen LogP contribution in [-0.4, -0.2) is 44.9 Å². The Bertz CT molecular complexity index is 729. The molecule has 1 aromatic carbocycles. The van der Waals surface area contributed by atoms with Gasteiger partial charge in [0.2, 0.25) is 0 Å². The molecule has 2 aromatic rings. The average molecular weight is 312 g/mol. The van der Waals surface area contributed by atoms with E-state index in [9.17, 15) is 9.59 Å². The van der Waals surface area contributed by atoms with Crippen molar-refractivity contribution in [3.8, 4) is 0 Å². The maximum atomic E-state index is 12.3. The number of fused-ring (bicyclic) bond motifs is 1. The Kier molecular flexibility index (Phi) is 3.42. The topological polar surface area (TPSA) is 77.3 Å². The number of hydrogen-bond donors (Lipinski definition) is 0. The summed E-state index contributed by atoms with van der Waals surface area (Å²) in [7, 11) is 0. The zero-order chi connectivity index (χ0) is 15.8. The van der Waals surface area contributed by atoms with E-state index in [1.54, 1.807) is 28.9 Å². The molecule has 0 saturated carbocycles. The van der Waals surface area contributed by atoms with Crippen molar-refractivity contribution in [1.82, 2.24) is 19.9 Å². The number of nitrogens with zero attached hydrogens (tertiary/aromatic N) is 4. The van der Waals surface area contributed by atoms with Gasteiger partial charge in [0, 0.05) is 13.2 Å². The minimum atomic E-state index is -0.245. The molecule has 23 heavy (non-hydrogen) atoms. The molecular formula is C16H16N4O3. The summed E-state index contributed by atoms with van der Waals surface area (Å²) in [5, 5.41) is 8.18. The number of carbonyl (C=O) groups excluding carboxylic acids is 2. The summed E-state index contributed by atoms with van der Waals surface area (Å²) < 4.78 is 7.23. The molecule has 1 fully saturated rings. The normalized spacial score (nSPS) is 20.3. The molecule has 2 aliphatic heterocycles. The molecule has 0 N–H and O–H groups in total. The quantitative estimate of drug-likeness (QED) is 0.798. The van der Waals surface area contributed by atoms with Crippen molar-refractivity contribution in [1.29, 1.82) is 0 Å². The third-order valence-electron chi connectivity index (χ3n) is 4.25. The summed E-state index contributed by atoms with van der Waals surface area (Å²) in [4.78, 5) is 25.8. The van der Waals surface area contributed by atoms with Crippen LogP contribution in [0.4, 0.5) is 0 Å². The fourth-order valence-corrected chi connectivity index (χ4v) is 3.03. The molecule has 4 rings (SSSR count). The number of imide groups is 1. The monoisotopic (exact) mass is 312 g/mol. The van der Waals surface area contributed by atoms with Crippen LogP contribution >= 0.6 is 0 Å². The van der Waals surface area contributed by atoms with Gasteiger partial charge in [-0.25, -0.2) is 0 Å². The lowest BCUT2D eigenvalue weighted by Gasteiger charge is -2.13. The molecule has 1 unspecified atom stereocenters. The first-order chi connectivity index (χ1) is 11.2. The SMILES string of the molecule is O=C1c2ccccc2C(=O)N1CCn1cc(C2CCCO2)nn1. The summed E-state index contributed by atoms with van der Waals surface area (Å²) in [5.74, 6) is -0.491. The Morgan fingerprint density at radius 3 is 2.52 bits per heavy atom. The van der Waals surface area contributed by atoms with Crippen molar-refractivity contribution < 1.29 is 14.3 Å². The third kappa shape index (κ3) is 2.43. The minimum absolute atomic E-state index is 0.0167. The molecule has 7 nitrogen and oxygen atoms in total. The van der Waals surface area contributed by atoms with Crippen LogP contribution in [0.2, 0.25) is 0 Å². The van der Waals surface area contributed by atoms with Crippen LogP contribution < -0.4 is 0 Å². The van der Waals surface area contributed by atoms with Gasteiger partial charge in [-0.2, -0.15) is 0 Å². The Hall–Kier alpha value is -2.54. The largest absolute Gasteiger partial charge is 0.372 e. The first-order valence-electron chi connectivity index (χ1n) is 7.71.